The van der Waals surface area contributed by atoms with Crippen molar-refractivity contribution < 1.29 is 4.74 Å². The number of anilines is 1. The number of nitrogen functional groups attached to an aromatic ring is 1. The van der Waals surface area contributed by atoms with Crippen molar-refractivity contribution >= 4 is 5.82 Å². The molecule has 94 valence electrons. The smallest absolute Gasteiger partial charge is 0.223 e. The van der Waals surface area contributed by atoms with E-state index in [1.165, 1.54) is 0 Å². The van der Waals surface area contributed by atoms with Crippen LogP contribution in [0.3, 0.4) is 0 Å². The predicted octanol–water partition coefficient (Wildman–Crippen LogP) is 1.51. The Labute approximate surface area is 105 Å². The molecule has 0 saturated heterocycles. The van der Waals surface area contributed by atoms with Crippen molar-refractivity contribution in [3.8, 4) is 17.3 Å². The summed E-state index contributed by atoms with van der Waals surface area (Å²) >= 11 is 0. The second-order valence-corrected chi connectivity index (χ2v) is 3.58. The molecule has 0 bridgehead atoms. The van der Waals surface area contributed by atoms with Crippen molar-refractivity contribution in [2.75, 3.05) is 12.3 Å². The van der Waals surface area contributed by atoms with Crippen LogP contribution in [0.15, 0.2) is 31.1 Å². The van der Waals surface area contributed by atoms with Crippen molar-refractivity contribution in [2.24, 2.45) is 0 Å². The summed E-state index contributed by atoms with van der Waals surface area (Å²) in [6, 6.07) is 1.64. The molecule has 2 aromatic rings. The van der Waals surface area contributed by atoms with Gasteiger partial charge in [-0.3, -0.25) is 0 Å². The summed E-state index contributed by atoms with van der Waals surface area (Å²) in [6.07, 6.45) is 4.96. The Morgan fingerprint density at radius 1 is 1.56 bits per heavy atom. The molecular formula is C12H15N5O. The van der Waals surface area contributed by atoms with E-state index in [4.69, 9.17) is 10.5 Å². The lowest BCUT2D eigenvalue weighted by Gasteiger charge is -2.07. The first kappa shape index (κ1) is 12.1. The van der Waals surface area contributed by atoms with Crippen molar-refractivity contribution in [3.05, 3.63) is 31.1 Å². The number of aromatic nitrogens is 4. The van der Waals surface area contributed by atoms with Gasteiger partial charge in [-0.05, 0) is 13.0 Å². The normalized spacial score (nSPS) is 10.3. The van der Waals surface area contributed by atoms with E-state index in [-0.39, 0.29) is 0 Å². The van der Waals surface area contributed by atoms with Crippen LogP contribution >= 0.6 is 0 Å². The minimum Gasteiger partial charge on any atom is -0.473 e. The zero-order valence-corrected chi connectivity index (χ0v) is 10.2. The summed E-state index contributed by atoms with van der Waals surface area (Å²) < 4.78 is 7.35. The summed E-state index contributed by atoms with van der Waals surface area (Å²) in [6.45, 7) is 6.72. The van der Waals surface area contributed by atoms with E-state index >= 15 is 0 Å². The van der Waals surface area contributed by atoms with Gasteiger partial charge in [-0.25, -0.2) is 14.6 Å². The van der Waals surface area contributed by atoms with Crippen LogP contribution in [-0.4, -0.2) is 26.4 Å². The minimum absolute atomic E-state index is 0.404. The molecule has 0 radical (unpaired) electrons. The molecule has 2 heterocycles. The third-order valence-corrected chi connectivity index (χ3v) is 2.35. The van der Waals surface area contributed by atoms with Gasteiger partial charge in [0.05, 0.1) is 6.20 Å². The lowest BCUT2D eigenvalue weighted by Crippen LogP contribution is -2.04. The summed E-state index contributed by atoms with van der Waals surface area (Å²) in [4.78, 5) is 8.34. The summed E-state index contributed by atoms with van der Waals surface area (Å²) in [7, 11) is 0. The van der Waals surface area contributed by atoms with Gasteiger partial charge in [-0.1, -0.05) is 12.7 Å². The van der Waals surface area contributed by atoms with Crippen LogP contribution in [0.4, 0.5) is 5.82 Å². The number of nitrogens with two attached hydrogens (primary N) is 1. The molecule has 2 N–H and O–H groups in total. The second-order valence-electron chi connectivity index (χ2n) is 3.58. The highest BCUT2D eigenvalue weighted by Gasteiger charge is 2.15. The van der Waals surface area contributed by atoms with Gasteiger partial charge in [0.1, 0.15) is 18.0 Å². The third kappa shape index (κ3) is 2.32. The van der Waals surface area contributed by atoms with E-state index in [1.54, 1.807) is 29.2 Å². The molecule has 0 aliphatic heterocycles. The number of rotatable bonds is 5. The summed E-state index contributed by atoms with van der Waals surface area (Å²) in [5, 5.41) is 4.23. The standard InChI is InChI=1S/C12H15N5O/c1-3-7-18-12-9(8-15-17(12)4-2)11-14-6-5-10(13)16-11/h3,5-6,8H,1,4,7H2,2H3,(H2,13,14,16). The molecule has 0 aliphatic rings. The molecule has 0 amide bonds. The van der Waals surface area contributed by atoms with Gasteiger partial charge in [-0.15, -0.1) is 0 Å². The van der Waals surface area contributed by atoms with Crippen molar-refractivity contribution in [3.63, 3.8) is 0 Å². The molecule has 0 fully saturated rings. The molecule has 6 heteroatoms. The predicted molar refractivity (Wildman–Crippen MR) is 69.0 cm³/mol. The number of aryl methyl sites for hydroxylation is 1. The second kappa shape index (κ2) is 5.31. The average Bonchev–Trinajstić information content (AvgIpc) is 2.79. The van der Waals surface area contributed by atoms with Gasteiger partial charge in [0.2, 0.25) is 5.88 Å². The maximum Gasteiger partial charge on any atom is 0.223 e. The Hall–Kier alpha value is -2.37. The van der Waals surface area contributed by atoms with Crippen LogP contribution in [0.5, 0.6) is 5.88 Å². The first-order valence-electron chi connectivity index (χ1n) is 5.64. The van der Waals surface area contributed by atoms with E-state index < -0.39 is 0 Å². The molecule has 0 spiro atoms. The molecule has 6 nitrogen and oxygen atoms in total. The number of hydrogen-bond donors (Lipinski definition) is 1. The Morgan fingerprint density at radius 2 is 2.39 bits per heavy atom. The van der Waals surface area contributed by atoms with Crippen LogP contribution in [0, 0.1) is 0 Å². The van der Waals surface area contributed by atoms with Gasteiger partial charge in [0.25, 0.3) is 0 Å². The lowest BCUT2D eigenvalue weighted by molar-refractivity contribution is 0.323. The van der Waals surface area contributed by atoms with Gasteiger partial charge in [0.15, 0.2) is 5.82 Å². The monoisotopic (exact) mass is 245 g/mol. The van der Waals surface area contributed by atoms with Crippen molar-refractivity contribution in [1.29, 1.82) is 0 Å². The average molecular weight is 245 g/mol. The first-order valence-corrected chi connectivity index (χ1v) is 5.64. The molecule has 2 rings (SSSR count). The van der Waals surface area contributed by atoms with Crippen LogP contribution in [0.1, 0.15) is 6.92 Å². The molecule has 0 aromatic carbocycles. The maximum absolute atomic E-state index is 5.65. The number of nitrogens with zero attached hydrogens (tertiary/aromatic N) is 4. The Morgan fingerprint density at radius 3 is 3.06 bits per heavy atom. The highest BCUT2D eigenvalue weighted by Crippen LogP contribution is 2.27. The van der Waals surface area contributed by atoms with Crippen LogP contribution in [0.2, 0.25) is 0 Å². The third-order valence-electron chi connectivity index (χ3n) is 2.35. The Kier molecular flexibility index (Phi) is 3.57. The van der Waals surface area contributed by atoms with Crippen molar-refractivity contribution in [2.45, 2.75) is 13.5 Å². The zero-order chi connectivity index (χ0) is 13.0. The van der Waals surface area contributed by atoms with E-state index in [0.29, 0.717) is 30.7 Å². The molecule has 0 atom stereocenters. The molecule has 0 saturated carbocycles. The van der Waals surface area contributed by atoms with Crippen molar-refractivity contribution in [1.82, 2.24) is 19.7 Å². The minimum atomic E-state index is 0.404. The summed E-state index contributed by atoms with van der Waals surface area (Å²) in [5.41, 5.74) is 6.38. The van der Waals surface area contributed by atoms with Gasteiger partial charge >= 0.3 is 0 Å². The van der Waals surface area contributed by atoms with Crippen LogP contribution in [-0.2, 0) is 6.54 Å². The molecule has 0 unspecified atom stereocenters. The number of hydrogen-bond acceptors (Lipinski definition) is 5. The zero-order valence-electron chi connectivity index (χ0n) is 10.2. The highest BCUT2D eigenvalue weighted by molar-refractivity contribution is 5.61. The Balaban J connectivity index is 2.43. The maximum atomic E-state index is 5.65. The van der Waals surface area contributed by atoms with E-state index in [0.717, 1.165) is 5.56 Å². The molecular weight excluding hydrogens is 230 g/mol. The fourth-order valence-corrected chi connectivity index (χ4v) is 1.55. The Bertz CT molecular complexity index is 549. The van der Waals surface area contributed by atoms with Gasteiger partial charge < -0.3 is 10.5 Å². The summed E-state index contributed by atoms with van der Waals surface area (Å²) in [5.74, 6) is 1.55. The van der Waals surface area contributed by atoms with Gasteiger partial charge in [-0.2, -0.15) is 5.10 Å². The fourth-order valence-electron chi connectivity index (χ4n) is 1.55. The van der Waals surface area contributed by atoms with E-state index in [9.17, 15) is 0 Å². The quantitative estimate of drug-likeness (QED) is 0.808. The molecule has 18 heavy (non-hydrogen) atoms. The van der Waals surface area contributed by atoms with E-state index in [2.05, 4.69) is 21.6 Å². The van der Waals surface area contributed by atoms with Crippen LogP contribution in [0.25, 0.3) is 11.4 Å². The largest absolute Gasteiger partial charge is 0.473 e. The topological polar surface area (TPSA) is 78.8 Å². The molecule has 2 aromatic heterocycles. The van der Waals surface area contributed by atoms with Gasteiger partial charge in [0, 0.05) is 12.7 Å². The first-order chi connectivity index (χ1) is 8.76. The van der Waals surface area contributed by atoms with E-state index in [1.807, 2.05) is 6.92 Å². The lowest BCUT2D eigenvalue weighted by atomic mass is 10.3. The molecule has 0 aliphatic carbocycles. The SMILES string of the molecule is C=CCOc1c(-c2nccc(N)n2)cnn1CC. The van der Waals surface area contributed by atoms with Crippen LogP contribution < -0.4 is 10.5 Å². The highest BCUT2D eigenvalue weighted by atomic mass is 16.5. The fraction of sp³-hybridized carbons (Fsp3) is 0.250. The number of ether oxygens (including phenoxy) is 1.